The van der Waals surface area contributed by atoms with Gasteiger partial charge in [-0.3, -0.25) is 10.1 Å². The van der Waals surface area contributed by atoms with E-state index >= 15 is 0 Å². The molecule has 0 saturated carbocycles. The number of piperazine rings is 1. The number of hydrogen-bond acceptors (Lipinski definition) is 6. The highest BCUT2D eigenvalue weighted by atomic mass is 35.5. The van der Waals surface area contributed by atoms with Gasteiger partial charge in [-0.1, -0.05) is 23.7 Å². The SMILES string of the molecule is Cc1cc(N2CCN(c3ccc(Cl)cn3)CC2)c2cccc([N+](=O)[O-])c2n1. The van der Waals surface area contributed by atoms with Crippen LogP contribution in [0.25, 0.3) is 10.9 Å². The van der Waals surface area contributed by atoms with Gasteiger partial charge in [-0.05, 0) is 25.1 Å². The van der Waals surface area contributed by atoms with Gasteiger partial charge in [-0.2, -0.15) is 0 Å². The molecule has 4 rings (SSSR count). The van der Waals surface area contributed by atoms with Crippen molar-refractivity contribution in [3.05, 3.63) is 63.4 Å². The Morgan fingerprint density at radius 3 is 2.52 bits per heavy atom. The van der Waals surface area contributed by atoms with Gasteiger partial charge in [0.15, 0.2) is 5.52 Å². The lowest BCUT2D eigenvalue weighted by Gasteiger charge is -2.37. The molecule has 3 aromatic rings. The maximum atomic E-state index is 11.4. The van der Waals surface area contributed by atoms with Crippen LogP contribution in [0.3, 0.4) is 0 Å². The molecule has 0 bridgehead atoms. The van der Waals surface area contributed by atoms with Gasteiger partial charge in [0.25, 0.3) is 5.69 Å². The summed E-state index contributed by atoms with van der Waals surface area (Å²) in [7, 11) is 0. The van der Waals surface area contributed by atoms with E-state index in [0.29, 0.717) is 10.5 Å². The number of fused-ring (bicyclic) bond motifs is 1. The Hall–Kier alpha value is -2.93. The fraction of sp³-hybridized carbons (Fsp3) is 0.263. The maximum absolute atomic E-state index is 11.4. The molecule has 2 aromatic heterocycles. The number of non-ortho nitro benzene ring substituents is 1. The number of nitro benzene ring substituents is 1. The smallest absolute Gasteiger partial charge is 0.295 e. The number of hydrogen-bond donors (Lipinski definition) is 0. The number of nitrogens with zero attached hydrogens (tertiary/aromatic N) is 5. The van der Waals surface area contributed by atoms with E-state index in [1.165, 1.54) is 6.07 Å². The van der Waals surface area contributed by atoms with E-state index in [-0.39, 0.29) is 10.6 Å². The Balaban J connectivity index is 1.63. The topological polar surface area (TPSA) is 75.4 Å². The predicted octanol–water partition coefficient (Wildman–Crippen LogP) is 3.83. The fourth-order valence-corrected chi connectivity index (χ4v) is 3.59. The summed E-state index contributed by atoms with van der Waals surface area (Å²) in [4.78, 5) is 24.3. The minimum atomic E-state index is -0.372. The van der Waals surface area contributed by atoms with Gasteiger partial charge >= 0.3 is 0 Å². The van der Waals surface area contributed by atoms with Crippen molar-refractivity contribution in [1.82, 2.24) is 9.97 Å². The van der Waals surface area contributed by atoms with Crippen molar-refractivity contribution in [2.75, 3.05) is 36.0 Å². The van der Waals surface area contributed by atoms with Crippen molar-refractivity contribution in [3.63, 3.8) is 0 Å². The second-order valence-electron chi connectivity index (χ2n) is 6.52. The number of para-hydroxylation sites is 1. The lowest BCUT2D eigenvalue weighted by Crippen LogP contribution is -2.47. The highest BCUT2D eigenvalue weighted by molar-refractivity contribution is 6.30. The molecule has 1 saturated heterocycles. The third kappa shape index (κ3) is 3.38. The summed E-state index contributed by atoms with van der Waals surface area (Å²) in [6.07, 6.45) is 1.65. The molecule has 8 heteroatoms. The first-order valence-corrected chi connectivity index (χ1v) is 9.07. The second kappa shape index (κ2) is 7.00. The number of aromatic nitrogens is 2. The molecule has 1 aliphatic heterocycles. The molecule has 0 aliphatic carbocycles. The van der Waals surface area contributed by atoms with Crippen LogP contribution in [0.4, 0.5) is 17.2 Å². The van der Waals surface area contributed by atoms with Crippen molar-refractivity contribution in [2.24, 2.45) is 0 Å². The quantitative estimate of drug-likeness (QED) is 0.505. The molecule has 138 valence electrons. The monoisotopic (exact) mass is 383 g/mol. The normalized spacial score (nSPS) is 14.6. The molecule has 0 spiro atoms. The molecule has 0 atom stereocenters. The average Bonchev–Trinajstić information content (AvgIpc) is 2.67. The first-order chi connectivity index (χ1) is 13.0. The number of rotatable bonds is 3. The maximum Gasteiger partial charge on any atom is 0.295 e. The van der Waals surface area contributed by atoms with E-state index in [1.54, 1.807) is 12.3 Å². The van der Waals surface area contributed by atoms with Crippen molar-refractivity contribution in [3.8, 4) is 0 Å². The predicted molar refractivity (Wildman–Crippen MR) is 107 cm³/mol. The third-order valence-corrected chi connectivity index (χ3v) is 5.00. The third-order valence-electron chi connectivity index (χ3n) is 4.78. The summed E-state index contributed by atoms with van der Waals surface area (Å²) in [6.45, 7) is 5.09. The van der Waals surface area contributed by atoms with E-state index in [1.807, 2.05) is 31.2 Å². The summed E-state index contributed by atoms with van der Waals surface area (Å²) in [6, 6.07) is 10.9. The van der Waals surface area contributed by atoms with E-state index < -0.39 is 0 Å². The zero-order valence-electron chi connectivity index (χ0n) is 14.8. The molecule has 0 radical (unpaired) electrons. The Morgan fingerprint density at radius 1 is 1.11 bits per heavy atom. The average molecular weight is 384 g/mol. The van der Waals surface area contributed by atoms with Gasteiger partial charge < -0.3 is 9.80 Å². The number of aryl methyl sites for hydroxylation is 1. The Bertz CT molecular complexity index is 1000. The van der Waals surface area contributed by atoms with Gasteiger partial charge in [0.2, 0.25) is 0 Å². The molecule has 0 N–H and O–H groups in total. The van der Waals surface area contributed by atoms with E-state index in [2.05, 4.69) is 19.8 Å². The molecule has 7 nitrogen and oxygen atoms in total. The Kier molecular flexibility index (Phi) is 4.53. The lowest BCUT2D eigenvalue weighted by molar-refractivity contribution is -0.383. The van der Waals surface area contributed by atoms with Crippen LogP contribution in [0.5, 0.6) is 0 Å². The zero-order valence-corrected chi connectivity index (χ0v) is 15.6. The fourth-order valence-electron chi connectivity index (χ4n) is 3.48. The number of halogens is 1. The Morgan fingerprint density at radius 2 is 1.85 bits per heavy atom. The molecule has 1 aromatic carbocycles. The molecule has 3 heterocycles. The van der Waals surface area contributed by atoms with Crippen LogP contribution >= 0.6 is 11.6 Å². The molecule has 27 heavy (non-hydrogen) atoms. The van der Waals surface area contributed by atoms with Crippen LogP contribution < -0.4 is 9.80 Å². The van der Waals surface area contributed by atoms with Crippen LogP contribution in [0.2, 0.25) is 5.02 Å². The molecule has 0 unspecified atom stereocenters. The standard InChI is InChI=1S/C19H18ClN5O2/c1-13-11-17(15-3-2-4-16(25(26)27)19(15)22-13)23-7-9-24(10-8-23)18-6-5-14(20)12-21-18/h2-6,11-12H,7-10H2,1H3. The van der Waals surface area contributed by atoms with Gasteiger partial charge in [-0.25, -0.2) is 9.97 Å². The largest absolute Gasteiger partial charge is 0.367 e. The van der Waals surface area contributed by atoms with Crippen molar-refractivity contribution in [1.29, 1.82) is 0 Å². The lowest BCUT2D eigenvalue weighted by atomic mass is 10.1. The highest BCUT2D eigenvalue weighted by Gasteiger charge is 2.22. The van der Waals surface area contributed by atoms with E-state index in [4.69, 9.17) is 11.6 Å². The summed E-state index contributed by atoms with van der Waals surface area (Å²) >= 11 is 5.92. The van der Waals surface area contributed by atoms with Crippen molar-refractivity contribution >= 4 is 39.7 Å². The van der Waals surface area contributed by atoms with Crippen molar-refractivity contribution < 1.29 is 4.92 Å². The Labute approximate surface area is 161 Å². The van der Waals surface area contributed by atoms with Crippen LogP contribution in [0.1, 0.15) is 5.69 Å². The zero-order chi connectivity index (χ0) is 19.0. The highest BCUT2D eigenvalue weighted by Crippen LogP contribution is 2.32. The van der Waals surface area contributed by atoms with Crippen LogP contribution in [0, 0.1) is 17.0 Å². The van der Waals surface area contributed by atoms with Crippen LogP contribution in [-0.4, -0.2) is 41.1 Å². The first kappa shape index (κ1) is 17.5. The molecule has 1 fully saturated rings. The second-order valence-corrected chi connectivity index (χ2v) is 6.96. The minimum Gasteiger partial charge on any atom is -0.367 e. The van der Waals surface area contributed by atoms with Crippen LogP contribution in [0.15, 0.2) is 42.6 Å². The van der Waals surface area contributed by atoms with Crippen molar-refractivity contribution in [2.45, 2.75) is 6.92 Å². The minimum absolute atomic E-state index is 0.0430. The van der Waals surface area contributed by atoms with Gasteiger partial charge in [-0.15, -0.1) is 0 Å². The number of pyridine rings is 2. The molecule has 0 amide bonds. The van der Waals surface area contributed by atoms with Gasteiger partial charge in [0.05, 0.1) is 9.95 Å². The summed E-state index contributed by atoms with van der Waals surface area (Å²) in [5, 5.41) is 12.8. The molecule has 1 aliphatic rings. The van der Waals surface area contributed by atoms with Gasteiger partial charge in [0, 0.05) is 55.2 Å². The summed E-state index contributed by atoms with van der Waals surface area (Å²) in [5.41, 5.74) is 2.25. The number of benzene rings is 1. The molecular weight excluding hydrogens is 366 g/mol. The van der Waals surface area contributed by atoms with E-state index in [0.717, 1.165) is 48.8 Å². The first-order valence-electron chi connectivity index (χ1n) is 8.69. The molecular formula is C19H18ClN5O2. The van der Waals surface area contributed by atoms with E-state index in [9.17, 15) is 10.1 Å². The van der Waals surface area contributed by atoms with Gasteiger partial charge in [0.1, 0.15) is 5.82 Å². The summed E-state index contributed by atoms with van der Waals surface area (Å²) < 4.78 is 0. The summed E-state index contributed by atoms with van der Waals surface area (Å²) in [5.74, 6) is 0.908. The van der Waals surface area contributed by atoms with Crippen LogP contribution in [-0.2, 0) is 0 Å². The number of anilines is 2. The number of nitro groups is 1.